The Kier molecular flexibility index (Phi) is 9.54. The van der Waals surface area contributed by atoms with Gasteiger partial charge in [0, 0.05) is 14.5 Å². The molecule has 0 fully saturated rings. The van der Waals surface area contributed by atoms with Crippen molar-refractivity contribution >= 4 is 95.6 Å². The van der Waals surface area contributed by atoms with Crippen molar-refractivity contribution in [1.82, 2.24) is 10.6 Å². The van der Waals surface area contributed by atoms with Gasteiger partial charge < -0.3 is 25.4 Å². The molecule has 0 saturated carbocycles. The first-order valence-corrected chi connectivity index (χ1v) is 11.7. The summed E-state index contributed by atoms with van der Waals surface area (Å²) in [5.41, 5.74) is 2.00. The van der Waals surface area contributed by atoms with Crippen molar-refractivity contribution in [2.24, 2.45) is 0 Å². The number of thiocarbonyl (C=S) groups is 1. The molecule has 12 heteroatoms. The number of methoxy groups -OCH3 is 2. The Bertz CT molecular complexity index is 967. The molecule has 0 aliphatic rings. The highest BCUT2D eigenvalue weighted by molar-refractivity contribution is 9.11. The predicted octanol–water partition coefficient (Wildman–Crippen LogP) is 5.95. The molecule has 1 amide bonds. The molecule has 0 aliphatic carbocycles. The summed E-state index contributed by atoms with van der Waals surface area (Å²) in [5, 5.41) is 8.60. The average Bonchev–Trinajstić information content (AvgIpc) is 2.68. The molecule has 0 aliphatic heterocycles. The molecule has 6 nitrogen and oxygen atoms in total. The van der Waals surface area contributed by atoms with Gasteiger partial charge >= 0.3 is 0 Å². The number of aryl methyl sites for hydroxylation is 1. The maximum absolute atomic E-state index is 12.8. The van der Waals surface area contributed by atoms with E-state index in [1.807, 2.05) is 19.1 Å². The zero-order chi connectivity index (χ0) is 23.3. The number of anilines is 1. The van der Waals surface area contributed by atoms with E-state index < -0.39 is 15.9 Å². The summed E-state index contributed by atoms with van der Waals surface area (Å²) in [7, 11) is 2.97. The van der Waals surface area contributed by atoms with Crippen LogP contribution in [0.5, 0.6) is 11.5 Å². The summed E-state index contributed by atoms with van der Waals surface area (Å²) >= 11 is 30.5. The SMILES string of the molecule is COc1ccc(C(=O)NC(NC(=S)Nc2c(Br)cc(C)cc2Br)C(Cl)(Cl)Cl)cc1OC. The summed E-state index contributed by atoms with van der Waals surface area (Å²) in [6.45, 7) is 1.96. The fraction of sp³-hybridized carbons (Fsp3) is 0.263. The highest BCUT2D eigenvalue weighted by atomic mass is 79.9. The van der Waals surface area contributed by atoms with Gasteiger partial charge in [0.25, 0.3) is 5.91 Å². The van der Waals surface area contributed by atoms with E-state index in [-0.39, 0.29) is 10.7 Å². The number of hydrogen-bond acceptors (Lipinski definition) is 4. The Hall–Kier alpha value is -0.970. The zero-order valence-corrected chi connectivity index (χ0v) is 22.7. The lowest BCUT2D eigenvalue weighted by Gasteiger charge is -2.28. The fourth-order valence-corrected chi connectivity index (χ4v) is 4.65. The smallest absolute Gasteiger partial charge is 0.253 e. The van der Waals surface area contributed by atoms with Gasteiger partial charge in [-0.15, -0.1) is 0 Å². The number of ether oxygens (including phenoxy) is 2. The van der Waals surface area contributed by atoms with Gasteiger partial charge in [0.15, 0.2) is 16.6 Å². The molecule has 0 saturated heterocycles. The lowest BCUT2D eigenvalue weighted by atomic mass is 10.2. The molecule has 31 heavy (non-hydrogen) atoms. The Labute approximate surface area is 217 Å². The van der Waals surface area contributed by atoms with Crippen LogP contribution in [0.4, 0.5) is 5.69 Å². The van der Waals surface area contributed by atoms with Gasteiger partial charge in [-0.25, -0.2) is 0 Å². The second-order valence-corrected chi connectivity index (χ2v) is 10.7. The first kappa shape index (κ1) is 26.3. The summed E-state index contributed by atoms with van der Waals surface area (Å²) in [4.78, 5) is 12.8. The van der Waals surface area contributed by atoms with Crippen LogP contribution in [0, 0.1) is 6.92 Å². The molecule has 2 aromatic rings. The zero-order valence-electron chi connectivity index (χ0n) is 16.5. The number of carbonyl (C=O) groups excluding carboxylic acids is 1. The second-order valence-electron chi connectivity index (χ2n) is 6.22. The van der Waals surface area contributed by atoms with Crippen LogP contribution in [0.3, 0.4) is 0 Å². The summed E-state index contributed by atoms with van der Waals surface area (Å²) in [6.07, 6.45) is -1.14. The summed E-state index contributed by atoms with van der Waals surface area (Å²) in [6, 6.07) is 8.51. The number of amides is 1. The third-order valence-corrected chi connectivity index (χ3v) is 6.07. The van der Waals surface area contributed by atoms with E-state index >= 15 is 0 Å². The Morgan fingerprint density at radius 2 is 1.61 bits per heavy atom. The van der Waals surface area contributed by atoms with Crippen molar-refractivity contribution in [3.8, 4) is 11.5 Å². The van der Waals surface area contributed by atoms with Crippen LogP contribution in [0.25, 0.3) is 0 Å². The van der Waals surface area contributed by atoms with Gasteiger partial charge in [0.1, 0.15) is 6.17 Å². The third kappa shape index (κ3) is 7.27. The quantitative estimate of drug-likeness (QED) is 0.207. The molecule has 0 aromatic heterocycles. The second kappa shape index (κ2) is 11.2. The van der Waals surface area contributed by atoms with Crippen LogP contribution in [-0.4, -0.2) is 35.2 Å². The third-order valence-electron chi connectivity index (χ3n) is 3.95. The maximum atomic E-state index is 12.8. The minimum Gasteiger partial charge on any atom is -0.493 e. The van der Waals surface area contributed by atoms with E-state index in [0.29, 0.717) is 17.2 Å². The minimum atomic E-state index is -1.90. The van der Waals surface area contributed by atoms with Gasteiger partial charge in [0.05, 0.1) is 19.9 Å². The highest BCUT2D eigenvalue weighted by Crippen LogP contribution is 2.33. The largest absolute Gasteiger partial charge is 0.493 e. The van der Waals surface area contributed by atoms with Gasteiger partial charge in [0.2, 0.25) is 3.79 Å². The molecule has 2 aromatic carbocycles. The number of benzene rings is 2. The Morgan fingerprint density at radius 3 is 2.13 bits per heavy atom. The van der Waals surface area contributed by atoms with Crippen molar-refractivity contribution in [3.05, 3.63) is 50.4 Å². The molecular weight excluding hydrogens is 616 g/mol. The number of hydrogen-bond donors (Lipinski definition) is 3. The van der Waals surface area contributed by atoms with E-state index in [2.05, 4.69) is 47.8 Å². The van der Waals surface area contributed by atoms with Crippen molar-refractivity contribution in [2.75, 3.05) is 19.5 Å². The predicted molar refractivity (Wildman–Crippen MR) is 137 cm³/mol. The van der Waals surface area contributed by atoms with Crippen molar-refractivity contribution in [1.29, 1.82) is 0 Å². The Balaban J connectivity index is 2.18. The van der Waals surface area contributed by atoms with E-state index in [0.717, 1.165) is 14.5 Å². The van der Waals surface area contributed by atoms with Crippen molar-refractivity contribution < 1.29 is 14.3 Å². The fourth-order valence-electron chi connectivity index (χ4n) is 2.49. The lowest BCUT2D eigenvalue weighted by Crippen LogP contribution is -2.56. The summed E-state index contributed by atoms with van der Waals surface area (Å²) in [5.74, 6) is 0.361. The number of carbonyl (C=O) groups is 1. The number of nitrogens with one attached hydrogen (secondary N) is 3. The van der Waals surface area contributed by atoms with Crippen LogP contribution >= 0.6 is 78.9 Å². The van der Waals surface area contributed by atoms with Gasteiger partial charge in [-0.1, -0.05) is 34.8 Å². The van der Waals surface area contributed by atoms with Gasteiger partial charge in [-0.2, -0.15) is 0 Å². The standard InChI is InChI=1S/C19H18Br2Cl3N3O3S/c1-9-6-11(20)15(12(21)7-9)25-18(31)27-17(19(22,23)24)26-16(28)10-4-5-13(29-2)14(8-10)30-3/h4-8,17H,1-3H3,(H,26,28)(H2,25,27,31). The molecule has 0 heterocycles. The van der Waals surface area contributed by atoms with E-state index in [1.54, 1.807) is 12.1 Å². The van der Waals surface area contributed by atoms with Crippen molar-refractivity contribution in [3.63, 3.8) is 0 Å². The average molecular weight is 635 g/mol. The monoisotopic (exact) mass is 631 g/mol. The van der Waals surface area contributed by atoms with Gasteiger partial charge in [-0.05, 0) is 86.9 Å². The first-order valence-electron chi connectivity index (χ1n) is 8.59. The number of halogens is 5. The molecule has 0 bridgehead atoms. The molecule has 168 valence electrons. The topological polar surface area (TPSA) is 71.6 Å². The summed E-state index contributed by atoms with van der Waals surface area (Å²) < 4.78 is 10.1. The van der Waals surface area contributed by atoms with E-state index in [4.69, 9.17) is 56.5 Å². The number of rotatable bonds is 6. The molecule has 1 atom stereocenters. The molecular formula is C19H18Br2Cl3N3O3S. The minimum absolute atomic E-state index is 0.134. The first-order chi connectivity index (χ1) is 14.5. The van der Waals surface area contributed by atoms with Crippen LogP contribution in [0.1, 0.15) is 15.9 Å². The normalized spacial score (nSPS) is 12.0. The molecule has 0 radical (unpaired) electrons. The van der Waals surface area contributed by atoms with Crippen LogP contribution in [0.15, 0.2) is 39.3 Å². The van der Waals surface area contributed by atoms with Crippen LogP contribution in [-0.2, 0) is 0 Å². The lowest BCUT2D eigenvalue weighted by molar-refractivity contribution is 0.0934. The van der Waals surface area contributed by atoms with E-state index in [9.17, 15) is 4.79 Å². The molecule has 2 rings (SSSR count). The highest BCUT2D eigenvalue weighted by Gasteiger charge is 2.35. The van der Waals surface area contributed by atoms with Crippen LogP contribution < -0.4 is 25.4 Å². The van der Waals surface area contributed by atoms with Crippen molar-refractivity contribution in [2.45, 2.75) is 16.9 Å². The molecule has 0 spiro atoms. The van der Waals surface area contributed by atoms with E-state index in [1.165, 1.54) is 20.3 Å². The van der Waals surface area contributed by atoms with Crippen LogP contribution in [0.2, 0.25) is 0 Å². The maximum Gasteiger partial charge on any atom is 0.253 e. The number of alkyl halides is 3. The van der Waals surface area contributed by atoms with Gasteiger partial charge in [-0.3, -0.25) is 4.79 Å². The molecule has 1 unspecified atom stereocenters. The Morgan fingerprint density at radius 1 is 1.03 bits per heavy atom. The molecule has 3 N–H and O–H groups in total.